The third-order valence-corrected chi connectivity index (χ3v) is 5.21. The second kappa shape index (κ2) is 6.36. The average molecular weight is 328 g/mol. The van der Waals surface area contributed by atoms with Crippen molar-refractivity contribution in [3.05, 3.63) is 48.8 Å². The summed E-state index contributed by atoms with van der Waals surface area (Å²) in [6.45, 7) is 2.38. The standard InChI is InChI=1S/C18H21FN4O/c19-15-3-1-2-4-16(15)23-11-7-17(18(23)24)21-9-5-14(6-10-21)22-12-8-20-13-22/h1-4,8,12-14,17H,5-7,9-11H2. The predicted octanol–water partition coefficient (Wildman–Crippen LogP) is 2.46. The van der Waals surface area contributed by atoms with Gasteiger partial charge < -0.3 is 9.47 Å². The van der Waals surface area contributed by atoms with Crippen LogP contribution in [0, 0.1) is 5.82 Å². The van der Waals surface area contributed by atoms with Gasteiger partial charge in [-0.25, -0.2) is 9.37 Å². The molecule has 2 saturated heterocycles. The zero-order valence-electron chi connectivity index (χ0n) is 13.5. The number of carbonyl (C=O) groups excluding carboxylic acids is 1. The van der Waals surface area contributed by atoms with E-state index in [-0.39, 0.29) is 17.8 Å². The maximum absolute atomic E-state index is 14.0. The van der Waals surface area contributed by atoms with Gasteiger partial charge in [-0.1, -0.05) is 12.1 Å². The lowest BCUT2D eigenvalue weighted by Gasteiger charge is -2.35. The molecule has 3 heterocycles. The molecule has 24 heavy (non-hydrogen) atoms. The lowest BCUT2D eigenvalue weighted by Crippen LogP contribution is -2.46. The van der Waals surface area contributed by atoms with Crippen molar-refractivity contribution in [2.24, 2.45) is 0 Å². The zero-order chi connectivity index (χ0) is 16.5. The third-order valence-electron chi connectivity index (χ3n) is 5.21. The molecule has 2 aromatic rings. The Morgan fingerprint density at radius 3 is 2.58 bits per heavy atom. The van der Waals surface area contributed by atoms with Crippen LogP contribution in [0.15, 0.2) is 43.0 Å². The first kappa shape index (κ1) is 15.3. The SMILES string of the molecule is O=C1C(N2CCC(n3ccnc3)CC2)CCN1c1ccccc1F. The summed E-state index contributed by atoms with van der Waals surface area (Å²) in [6.07, 6.45) is 8.46. The second-order valence-electron chi connectivity index (χ2n) is 6.52. The van der Waals surface area contributed by atoms with Crippen LogP contribution in [-0.2, 0) is 4.79 Å². The van der Waals surface area contributed by atoms with E-state index in [0.717, 1.165) is 32.4 Å². The van der Waals surface area contributed by atoms with Crippen molar-refractivity contribution in [3.63, 3.8) is 0 Å². The number of imidazole rings is 1. The normalized spacial score (nSPS) is 23.1. The Kier molecular flexibility index (Phi) is 4.06. The highest BCUT2D eigenvalue weighted by atomic mass is 19.1. The highest BCUT2D eigenvalue weighted by Crippen LogP contribution is 2.30. The minimum atomic E-state index is -0.328. The minimum Gasteiger partial charge on any atom is -0.334 e. The van der Waals surface area contributed by atoms with Crippen LogP contribution >= 0.6 is 0 Å². The second-order valence-corrected chi connectivity index (χ2v) is 6.52. The van der Waals surface area contributed by atoms with E-state index in [1.54, 1.807) is 29.3 Å². The molecule has 1 aromatic carbocycles. The molecular formula is C18H21FN4O. The van der Waals surface area contributed by atoms with E-state index in [2.05, 4.69) is 14.5 Å². The summed E-state index contributed by atoms with van der Waals surface area (Å²) in [5.74, 6) is -0.300. The van der Waals surface area contributed by atoms with Crippen molar-refractivity contribution in [2.45, 2.75) is 31.3 Å². The molecule has 0 radical (unpaired) electrons. The number of anilines is 1. The van der Waals surface area contributed by atoms with Gasteiger partial charge in [0.1, 0.15) is 5.82 Å². The highest BCUT2D eigenvalue weighted by Gasteiger charge is 2.38. The van der Waals surface area contributed by atoms with E-state index in [9.17, 15) is 9.18 Å². The zero-order valence-corrected chi connectivity index (χ0v) is 13.5. The first-order valence-electron chi connectivity index (χ1n) is 8.51. The number of rotatable bonds is 3. The fraction of sp³-hybridized carbons (Fsp3) is 0.444. The quantitative estimate of drug-likeness (QED) is 0.869. The van der Waals surface area contributed by atoms with Crippen LogP contribution in [0.3, 0.4) is 0 Å². The van der Waals surface area contributed by atoms with E-state index < -0.39 is 0 Å². The van der Waals surface area contributed by atoms with Crippen LogP contribution in [0.1, 0.15) is 25.3 Å². The summed E-state index contributed by atoms with van der Waals surface area (Å²) in [6, 6.07) is 6.86. The monoisotopic (exact) mass is 328 g/mol. The van der Waals surface area contributed by atoms with Crippen LogP contribution in [0.5, 0.6) is 0 Å². The van der Waals surface area contributed by atoms with Crippen molar-refractivity contribution in [1.29, 1.82) is 0 Å². The highest BCUT2D eigenvalue weighted by molar-refractivity contribution is 5.99. The van der Waals surface area contributed by atoms with Crippen LogP contribution in [-0.4, -0.2) is 46.0 Å². The van der Waals surface area contributed by atoms with Gasteiger partial charge in [-0.15, -0.1) is 0 Å². The Morgan fingerprint density at radius 1 is 1.08 bits per heavy atom. The number of piperidine rings is 1. The molecule has 1 unspecified atom stereocenters. The van der Waals surface area contributed by atoms with Crippen molar-refractivity contribution in [1.82, 2.24) is 14.5 Å². The number of benzene rings is 1. The Labute approximate surface area is 140 Å². The first-order chi connectivity index (χ1) is 11.7. The first-order valence-corrected chi connectivity index (χ1v) is 8.51. The Balaban J connectivity index is 1.42. The van der Waals surface area contributed by atoms with E-state index in [1.807, 2.05) is 12.5 Å². The molecule has 0 bridgehead atoms. The number of halogens is 1. The summed E-state index contributed by atoms with van der Waals surface area (Å²) in [4.78, 5) is 20.7. The van der Waals surface area contributed by atoms with Crippen molar-refractivity contribution >= 4 is 11.6 Å². The summed E-state index contributed by atoms with van der Waals surface area (Å²) in [7, 11) is 0. The summed E-state index contributed by atoms with van der Waals surface area (Å²) in [5.41, 5.74) is 0.401. The maximum Gasteiger partial charge on any atom is 0.244 e. The van der Waals surface area contributed by atoms with E-state index in [0.29, 0.717) is 18.3 Å². The number of hydrogen-bond acceptors (Lipinski definition) is 3. The molecule has 1 amide bonds. The molecule has 2 aliphatic heterocycles. The third kappa shape index (κ3) is 2.71. The summed E-state index contributed by atoms with van der Waals surface area (Å²) >= 11 is 0. The van der Waals surface area contributed by atoms with Crippen molar-refractivity contribution in [3.8, 4) is 0 Å². The van der Waals surface area contributed by atoms with E-state index >= 15 is 0 Å². The summed E-state index contributed by atoms with van der Waals surface area (Å²) < 4.78 is 16.1. The van der Waals surface area contributed by atoms with Gasteiger partial charge in [0.25, 0.3) is 0 Å². The van der Waals surface area contributed by atoms with E-state index in [1.165, 1.54) is 6.07 Å². The Morgan fingerprint density at radius 2 is 1.88 bits per heavy atom. The molecule has 0 aliphatic carbocycles. The molecule has 1 aromatic heterocycles. The van der Waals surface area contributed by atoms with Crippen LogP contribution in [0.4, 0.5) is 10.1 Å². The lowest BCUT2D eigenvalue weighted by molar-refractivity contribution is -0.122. The van der Waals surface area contributed by atoms with Crippen molar-refractivity contribution in [2.75, 3.05) is 24.5 Å². The largest absolute Gasteiger partial charge is 0.334 e. The molecule has 2 fully saturated rings. The number of likely N-dealkylation sites (tertiary alicyclic amines) is 1. The molecule has 5 nitrogen and oxygen atoms in total. The number of hydrogen-bond donors (Lipinski definition) is 0. The number of amides is 1. The van der Waals surface area contributed by atoms with Crippen molar-refractivity contribution < 1.29 is 9.18 Å². The van der Waals surface area contributed by atoms with Gasteiger partial charge in [0.2, 0.25) is 5.91 Å². The summed E-state index contributed by atoms with van der Waals surface area (Å²) in [5, 5.41) is 0. The topological polar surface area (TPSA) is 41.4 Å². The molecule has 0 spiro atoms. The van der Waals surface area contributed by atoms with Gasteiger partial charge in [-0.2, -0.15) is 0 Å². The van der Waals surface area contributed by atoms with Gasteiger partial charge in [-0.05, 0) is 31.4 Å². The van der Waals surface area contributed by atoms with Gasteiger partial charge >= 0.3 is 0 Å². The molecule has 6 heteroatoms. The number of carbonyl (C=O) groups is 1. The van der Waals surface area contributed by atoms with Crippen LogP contribution in [0.2, 0.25) is 0 Å². The lowest BCUT2D eigenvalue weighted by atomic mass is 10.0. The molecule has 1 atom stereocenters. The molecule has 126 valence electrons. The predicted molar refractivity (Wildman–Crippen MR) is 89.2 cm³/mol. The average Bonchev–Trinajstić information content (AvgIpc) is 3.26. The fourth-order valence-electron chi connectivity index (χ4n) is 3.89. The van der Waals surface area contributed by atoms with Crippen LogP contribution < -0.4 is 4.90 Å². The fourth-order valence-corrected chi connectivity index (χ4v) is 3.89. The molecule has 4 rings (SSSR count). The Hall–Kier alpha value is -2.21. The van der Waals surface area contributed by atoms with E-state index in [4.69, 9.17) is 0 Å². The minimum absolute atomic E-state index is 0.0289. The number of aromatic nitrogens is 2. The van der Waals surface area contributed by atoms with Crippen LogP contribution in [0.25, 0.3) is 0 Å². The molecule has 0 N–H and O–H groups in total. The molecule has 0 saturated carbocycles. The Bertz CT molecular complexity index is 710. The van der Waals surface area contributed by atoms with Gasteiger partial charge in [-0.3, -0.25) is 9.69 Å². The molecular weight excluding hydrogens is 307 g/mol. The van der Waals surface area contributed by atoms with Gasteiger partial charge in [0, 0.05) is 38.1 Å². The number of para-hydroxylation sites is 1. The smallest absolute Gasteiger partial charge is 0.244 e. The molecule has 2 aliphatic rings. The number of nitrogens with zero attached hydrogens (tertiary/aromatic N) is 4. The van der Waals surface area contributed by atoms with Gasteiger partial charge in [0.15, 0.2) is 0 Å². The van der Waals surface area contributed by atoms with Gasteiger partial charge in [0.05, 0.1) is 18.1 Å². The maximum atomic E-state index is 14.0.